The minimum absolute atomic E-state index is 0.00556. The highest BCUT2D eigenvalue weighted by molar-refractivity contribution is 7.99. The molecule has 0 aliphatic carbocycles. The molecule has 1 aliphatic rings. The Labute approximate surface area is 106 Å². The lowest BCUT2D eigenvalue weighted by atomic mass is 10.1. The Bertz CT molecular complexity index is 459. The van der Waals surface area contributed by atoms with Gasteiger partial charge in [0.05, 0.1) is 12.2 Å². The third-order valence-corrected chi connectivity index (χ3v) is 4.29. The van der Waals surface area contributed by atoms with Crippen LogP contribution in [0.15, 0.2) is 17.0 Å². The molecular formula is C13H18N2OS. The molecular weight excluding hydrogens is 232 g/mol. The first-order chi connectivity index (χ1) is 8.04. The second-order valence-electron chi connectivity index (χ2n) is 4.56. The van der Waals surface area contributed by atoms with Gasteiger partial charge in [-0.25, -0.2) is 0 Å². The van der Waals surface area contributed by atoms with Crippen molar-refractivity contribution in [2.24, 2.45) is 5.73 Å². The zero-order valence-corrected chi connectivity index (χ0v) is 11.3. The number of rotatable bonds is 1. The first-order valence-corrected chi connectivity index (χ1v) is 6.79. The van der Waals surface area contributed by atoms with Gasteiger partial charge in [-0.1, -0.05) is 6.07 Å². The molecule has 1 amide bonds. The highest BCUT2D eigenvalue weighted by Crippen LogP contribution is 2.40. The Kier molecular flexibility index (Phi) is 3.45. The van der Waals surface area contributed by atoms with E-state index in [2.05, 4.69) is 32.9 Å². The summed E-state index contributed by atoms with van der Waals surface area (Å²) in [6, 6.07) is 4.48. The van der Waals surface area contributed by atoms with E-state index in [9.17, 15) is 4.79 Å². The van der Waals surface area contributed by atoms with E-state index in [1.165, 1.54) is 10.5 Å². The number of fused-ring (bicyclic) bond motifs is 1. The van der Waals surface area contributed by atoms with Crippen molar-refractivity contribution in [2.45, 2.75) is 31.7 Å². The molecule has 17 heavy (non-hydrogen) atoms. The maximum Gasteiger partial charge on any atom is 0.241 e. The van der Waals surface area contributed by atoms with Gasteiger partial charge in [0.25, 0.3) is 0 Å². The van der Waals surface area contributed by atoms with Gasteiger partial charge in [0.15, 0.2) is 0 Å². The highest BCUT2D eigenvalue weighted by atomic mass is 32.2. The van der Waals surface area contributed by atoms with Gasteiger partial charge in [0.2, 0.25) is 5.91 Å². The Hall–Kier alpha value is -1.00. The van der Waals surface area contributed by atoms with Crippen molar-refractivity contribution in [3.63, 3.8) is 0 Å². The fourth-order valence-electron chi connectivity index (χ4n) is 2.31. The van der Waals surface area contributed by atoms with Crippen molar-refractivity contribution < 1.29 is 4.79 Å². The van der Waals surface area contributed by atoms with Crippen LogP contribution in [0.2, 0.25) is 0 Å². The Balaban J connectivity index is 2.54. The predicted octanol–water partition coefficient (Wildman–Crippen LogP) is 2.09. The summed E-state index contributed by atoms with van der Waals surface area (Å²) >= 11 is 1.82. The molecule has 0 saturated carbocycles. The molecule has 92 valence electrons. The summed E-state index contributed by atoms with van der Waals surface area (Å²) in [4.78, 5) is 15.0. The average molecular weight is 250 g/mol. The lowest BCUT2D eigenvalue weighted by molar-refractivity contribution is -0.117. The van der Waals surface area contributed by atoms with Gasteiger partial charge >= 0.3 is 0 Å². The van der Waals surface area contributed by atoms with E-state index < -0.39 is 0 Å². The van der Waals surface area contributed by atoms with E-state index in [-0.39, 0.29) is 18.5 Å². The van der Waals surface area contributed by atoms with Crippen LogP contribution in [0.5, 0.6) is 0 Å². The number of anilines is 1. The molecule has 1 heterocycles. The van der Waals surface area contributed by atoms with Gasteiger partial charge in [0.1, 0.15) is 0 Å². The number of carbonyl (C=O) groups is 1. The molecule has 1 aromatic rings. The van der Waals surface area contributed by atoms with Crippen LogP contribution in [-0.2, 0) is 4.79 Å². The topological polar surface area (TPSA) is 46.3 Å². The van der Waals surface area contributed by atoms with Crippen LogP contribution < -0.4 is 10.6 Å². The molecule has 3 nitrogen and oxygen atoms in total. The van der Waals surface area contributed by atoms with Crippen LogP contribution >= 0.6 is 11.8 Å². The second kappa shape index (κ2) is 4.70. The number of nitrogens with two attached hydrogens (primary N) is 1. The molecule has 0 saturated heterocycles. The maximum atomic E-state index is 12.0. The summed E-state index contributed by atoms with van der Waals surface area (Å²) < 4.78 is 0. The lowest BCUT2D eigenvalue weighted by Crippen LogP contribution is -2.45. The van der Waals surface area contributed by atoms with E-state index in [0.717, 1.165) is 17.0 Å². The normalized spacial score (nSPS) is 19.1. The minimum atomic E-state index is 0.00556. The lowest BCUT2D eigenvalue weighted by Gasteiger charge is -2.36. The predicted molar refractivity (Wildman–Crippen MR) is 72.6 cm³/mol. The molecule has 4 heteroatoms. The molecule has 0 spiro atoms. The Morgan fingerprint density at radius 1 is 1.53 bits per heavy atom. The number of amides is 1. The first kappa shape index (κ1) is 12.5. The molecule has 0 fully saturated rings. The smallest absolute Gasteiger partial charge is 0.241 e. The first-order valence-electron chi connectivity index (χ1n) is 5.80. The summed E-state index contributed by atoms with van der Waals surface area (Å²) in [5.41, 5.74) is 8.95. The van der Waals surface area contributed by atoms with Gasteiger partial charge < -0.3 is 10.6 Å². The highest BCUT2D eigenvalue weighted by Gasteiger charge is 2.29. The third kappa shape index (κ3) is 2.19. The van der Waals surface area contributed by atoms with Crippen LogP contribution in [0.25, 0.3) is 0 Å². The van der Waals surface area contributed by atoms with Crippen LogP contribution in [0.4, 0.5) is 5.69 Å². The molecule has 2 rings (SSSR count). The summed E-state index contributed by atoms with van der Waals surface area (Å²) in [6.45, 7) is 6.28. The zero-order chi connectivity index (χ0) is 12.6. The second-order valence-corrected chi connectivity index (χ2v) is 5.62. The quantitative estimate of drug-likeness (QED) is 0.830. The van der Waals surface area contributed by atoms with Crippen LogP contribution in [-0.4, -0.2) is 24.2 Å². The summed E-state index contributed by atoms with van der Waals surface area (Å²) in [6.07, 6.45) is 0. The van der Waals surface area contributed by atoms with Crippen molar-refractivity contribution in [3.05, 3.63) is 23.3 Å². The molecule has 2 N–H and O–H groups in total. The fourth-order valence-corrected chi connectivity index (χ4v) is 3.55. The van der Waals surface area contributed by atoms with Crippen molar-refractivity contribution in [1.29, 1.82) is 0 Å². The van der Waals surface area contributed by atoms with Gasteiger partial charge in [-0.05, 0) is 38.0 Å². The average Bonchev–Trinajstić information content (AvgIpc) is 2.28. The van der Waals surface area contributed by atoms with Crippen molar-refractivity contribution in [1.82, 2.24) is 0 Å². The number of thioether (sulfide) groups is 1. The standard InChI is InChI=1S/C13H18N2OS/c1-8-4-9(2)13-11(5-8)17-7-10(3)15(13)12(16)6-14/h4-5,10H,6-7,14H2,1-3H3. The Morgan fingerprint density at radius 3 is 2.88 bits per heavy atom. The number of carbonyl (C=O) groups excluding carboxylic acids is 1. The van der Waals surface area contributed by atoms with Crippen molar-refractivity contribution in [2.75, 3.05) is 17.2 Å². The zero-order valence-electron chi connectivity index (χ0n) is 10.5. The molecule has 1 aliphatic heterocycles. The number of nitrogens with zero attached hydrogens (tertiary/aromatic N) is 1. The summed E-state index contributed by atoms with van der Waals surface area (Å²) in [5, 5.41) is 0. The van der Waals surface area contributed by atoms with E-state index in [0.29, 0.717) is 0 Å². The van der Waals surface area contributed by atoms with Crippen molar-refractivity contribution >= 4 is 23.4 Å². The van der Waals surface area contributed by atoms with Crippen LogP contribution in [0.1, 0.15) is 18.1 Å². The number of hydrogen-bond donors (Lipinski definition) is 1. The largest absolute Gasteiger partial charge is 0.322 e. The van der Waals surface area contributed by atoms with Gasteiger partial charge in [-0.2, -0.15) is 0 Å². The van der Waals surface area contributed by atoms with E-state index >= 15 is 0 Å². The van der Waals surface area contributed by atoms with E-state index in [1.54, 1.807) is 0 Å². The van der Waals surface area contributed by atoms with Gasteiger partial charge in [0, 0.05) is 16.7 Å². The molecule has 1 unspecified atom stereocenters. The number of hydrogen-bond acceptors (Lipinski definition) is 3. The van der Waals surface area contributed by atoms with E-state index in [4.69, 9.17) is 5.73 Å². The van der Waals surface area contributed by atoms with E-state index in [1.807, 2.05) is 16.7 Å². The third-order valence-electron chi connectivity index (χ3n) is 3.01. The van der Waals surface area contributed by atoms with Crippen molar-refractivity contribution in [3.8, 4) is 0 Å². The van der Waals surface area contributed by atoms with Crippen LogP contribution in [0.3, 0.4) is 0 Å². The number of aryl methyl sites for hydroxylation is 2. The molecule has 0 bridgehead atoms. The maximum absolute atomic E-state index is 12.0. The van der Waals surface area contributed by atoms with Crippen LogP contribution in [0, 0.1) is 13.8 Å². The fraction of sp³-hybridized carbons (Fsp3) is 0.462. The number of benzene rings is 1. The SMILES string of the molecule is Cc1cc(C)c2c(c1)SCC(C)N2C(=O)CN. The molecule has 0 radical (unpaired) electrons. The summed E-state index contributed by atoms with van der Waals surface area (Å²) in [5.74, 6) is 0.938. The Morgan fingerprint density at radius 2 is 2.24 bits per heavy atom. The van der Waals surface area contributed by atoms with Gasteiger partial charge in [-0.3, -0.25) is 4.79 Å². The van der Waals surface area contributed by atoms with Gasteiger partial charge in [-0.15, -0.1) is 11.8 Å². The monoisotopic (exact) mass is 250 g/mol. The molecule has 0 aromatic heterocycles. The summed E-state index contributed by atoms with van der Waals surface area (Å²) in [7, 11) is 0. The molecule has 1 aromatic carbocycles. The minimum Gasteiger partial charge on any atom is -0.322 e. The molecule has 1 atom stereocenters.